The Morgan fingerprint density at radius 3 is 2.55 bits per heavy atom. The zero-order chi connectivity index (χ0) is 27.2. The molecule has 0 bridgehead atoms. The van der Waals surface area contributed by atoms with Gasteiger partial charge in [0.15, 0.2) is 6.10 Å². The van der Waals surface area contributed by atoms with Crippen LogP contribution in [-0.4, -0.2) is 77.7 Å². The van der Waals surface area contributed by atoms with Crippen LogP contribution in [0.25, 0.3) is 0 Å². The summed E-state index contributed by atoms with van der Waals surface area (Å²) in [7, 11) is 0. The van der Waals surface area contributed by atoms with Crippen LogP contribution in [-0.2, 0) is 40.0 Å². The third-order valence-electron chi connectivity index (χ3n) is 6.35. The van der Waals surface area contributed by atoms with E-state index in [0.29, 0.717) is 25.1 Å². The van der Waals surface area contributed by atoms with Crippen molar-refractivity contribution in [1.82, 2.24) is 4.90 Å². The number of morpholine rings is 1. The molecule has 2 heterocycles. The van der Waals surface area contributed by atoms with Gasteiger partial charge in [-0.1, -0.05) is 36.4 Å². The quantitative estimate of drug-likeness (QED) is 0.512. The van der Waals surface area contributed by atoms with Gasteiger partial charge in [-0.25, -0.2) is 9.59 Å². The molecule has 200 valence electrons. The van der Waals surface area contributed by atoms with Gasteiger partial charge in [-0.15, -0.1) is 0 Å². The molecule has 2 fully saturated rings. The molecule has 11 heteroatoms. The van der Waals surface area contributed by atoms with E-state index in [1.165, 1.54) is 15.9 Å². The van der Waals surface area contributed by atoms with Gasteiger partial charge in [0.05, 0.1) is 6.61 Å². The molecule has 0 aliphatic carbocycles. The van der Waals surface area contributed by atoms with E-state index < -0.39 is 42.1 Å². The van der Waals surface area contributed by atoms with Gasteiger partial charge in [0, 0.05) is 31.3 Å². The lowest BCUT2D eigenvalue weighted by Crippen LogP contribution is -2.55. The summed E-state index contributed by atoms with van der Waals surface area (Å²) in [5.41, 5.74) is 1.45. The second-order valence-electron chi connectivity index (χ2n) is 8.95. The number of hydrogen-bond donors (Lipinski definition) is 1. The molecule has 0 saturated carbocycles. The van der Waals surface area contributed by atoms with Crippen LogP contribution in [0.1, 0.15) is 35.7 Å². The normalized spacial score (nSPS) is 20.1. The Hall–Kier alpha value is -4.25. The first-order chi connectivity index (χ1) is 18.3. The molecular formula is C27H28N2O9. The molecule has 2 aromatic carbocycles. The van der Waals surface area contributed by atoms with Gasteiger partial charge in [-0.3, -0.25) is 14.4 Å². The first-order valence-corrected chi connectivity index (χ1v) is 12.2. The lowest BCUT2D eigenvalue weighted by atomic mass is 10.1. The van der Waals surface area contributed by atoms with Crippen LogP contribution < -0.4 is 4.90 Å². The molecule has 2 aliphatic rings. The standard InChI is InChI=1S/C27H28N2O9/c1-17(30)38-23(26(33)34)22-25(32)28(13-14-36-22)20-10-5-9-19(15-20)24(31)29-12-6-11-21(29)27(35)37-16-18-7-3-2-4-8-18/h2-5,7-10,15,21-23H,6,11-14,16H2,1H3,(H,33,34)/t21-,22+,23+/m0/s1. The lowest BCUT2D eigenvalue weighted by molar-refractivity contribution is -0.177. The molecule has 2 aromatic rings. The van der Waals surface area contributed by atoms with Gasteiger partial charge in [0.25, 0.3) is 11.8 Å². The summed E-state index contributed by atoms with van der Waals surface area (Å²) in [6, 6.07) is 14.8. The number of carboxylic acids is 1. The van der Waals surface area contributed by atoms with Crippen molar-refractivity contribution in [1.29, 1.82) is 0 Å². The molecule has 38 heavy (non-hydrogen) atoms. The Labute approximate surface area is 218 Å². The van der Waals surface area contributed by atoms with Crippen molar-refractivity contribution in [2.75, 3.05) is 24.6 Å². The van der Waals surface area contributed by atoms with Crippen LogP contribution in [0.5, 0.6) is 0 Å². The van der Waals surface area contributed by atoms with E-state index in [4.69, 9.17) is 14.2 Å². The highest BCUT2D eigenvalue weighted by atomic mass is 16.6. The van der Waals surface area contributed by atoms with Gasteiger partial charge in [0.2, 0.25) is 6.10 Å². The van der Waals surface area contributed by atoms with Crippen molar-refractivity contribution in [2.24, 2.45) is 0 Å². The average molecular weight is 525 g/mol. The molecule has 11 nitrogen and oxygen atoms in total. The number of nitrogens with zero attached hydrogens (tertiary/aromatic N) is 2. The maximum absolute atomic E-state index is 13.4. The van der Waals surface area contributed by atoms with Crippen LogP contribution >= 0.6 is 0 Å². The summed E-state index contributed by atoms with van der Waals surface area (Å²) in [5.74, 6) is -3.94. The number of carboxylic acid groups (broad SMARTS) is 1. The minimum atomic E-state index is -1.81. The highest BCUT2D eigenvalue weighted by Crippen LogP contribution is 2.26. The molecule has 1 N–H and O–H groups in total. The van der Waals surface area contributed by atoms with Crippen molar-refractivity contribution in [2.45, 2.75) is 44.6 Å². The number of carbonyl (C=O) groups excluding carboxylic acids is 4. The molecule has 2 amide bonds. The third kappa shape index (κ3) is 6.00. The van der Waals surface area contributed by atoms with Crippen LogP contribution in [0.15, 0.2) is 54.6 Å². The maximum Gasteiger partial charge on any atom is 0.348 e. The van der Waals surface area contributed by atoms with Gasteiger partial charge in [0.1, 0.15) is 12.6 Å². The summed E-state index contributed by atoms with van der Waals surface area (Å²) in [5, 5.41) is 9.44. The van der Waals surface area contributed by atoms with Crippen molar-refractivity contribution < 1.29 is 43.3 Å². The average Bonchev–Trinajstić information content (AvgIpc) is 3.41. The molecule has 2 saturated heterocycles. The van der Waals surface area contributed by atoms with Gasteiger partial charge < -0.3 is 29.1 Å². The van der Waals surface area contributed by atoms with Crippen LogP contribution in [0.2, 0.25) is 0 Å². The summed E-state index contributed by atoms with van der Waals surface area (Å²) >= 11 is 0. The molecule has 0 radical (unpaired) electrons. The van der Waals surface area contributed by atoms with Gasteiger partial charge >= 0.3 is 17.9 Å². The summed E-state index contributed by atoms with van der Waals surface area (Å²) in [4.78, 5) is 65.0. The van der Waals surface area contributed by atoms with Crippen molar-refractivity contribution >= 4 is 35.4 Å². The number of benzene rings is 2. The van der Waals surface area contributed by atoms with Crippen molar-refractivity contribution in [3.8, 4) is 0 Å². The number of rotatable bonds is 8. The maximum atomic E-state index is 13.4. The molecule has 0 aromatic heterocycles. The molecule has 0 unspecified atom stereocenters. The second kappa shape index (κ2) is 11.9. The van der Waals surface area contributed by atoms with E-state index >= 15 is 0 Å². The SMILES string of the molecule is CC(=O)O[C@@H](C(=O)O)[C@H]1OCCN(c2cccc(C(=O)N3CCC[C@H]3C(=O)OCc3ccccc3)c2)C1=O. The van der Waals surface area contributed by atoms with Crippen LogP contribution in [0.3, 0.4) is 0 Å². The largest absolute Gasteiger partial charge is 0.478 e. The molecule has 4 rings (SSSR count). The summed E-state index contributed by atoms with van der Waals surface area (Å²) in [6.07, 6.45) is -2.21. The number of esters is 2. The summed E-state index contributed by atoms with van der Waals surface area (Å²) < 4.78 is 15.6. The van der Waals surface area contributed by atoms with Crippen LogP contribution in [0, 0.1) is 0 Å². The number of amides is 2. The van der Waals surface area contributed by atoms with E-state index in [2.05, 4.69) is 0 Å². The van der Waals surface area contributed by atoms with Gasteiger partial charge in [-0.2, -0.15) is 0 Å². The fraction of sp³-hybridized carbons (Fsp3) is 0.370. The van der Waals surface area contributed by atoms with Crippen molar-refractivity contribution in [3.63, 3.8) is 0 Å². The van der Waals surface area contributed by atoms with E-state index in [1.54, 1.807) is 18.2 Å². The number of carbonyl (C=O) groups is 5. The zero-order valence-electron chi connectivity index (χ0n) is 20.8. The first-order valence-electron chi connectivity index (χ1n) is 12.2. The number of aliphatic carboxylic acids is 1. The van der Waals surface area contributed by atoms with Crippen LogP contribution in [0.4, 0.5) is 5.69 Å². The highest BCUT2D eigenvalue weighted by molar-refractivity contribution is 6.02. The highest BCUT2D eigenvalue weighted by Gasteiger charge is 2.43. The van der Waals surface area contributed by atoms with Gasteiger partial charge in [-0.05, 0) is 36.6 Å². The molecule has 3 atom stereocenters. The fourth-order valence-electron chi connectivity index (χ4n) is 4.55. The first kappa shape index (κ1) is 26.8. The second-order valence-corrected chi connectivity index (χ2v) is 8.95. The molecule has 0 spiro atoms. The van der Waals surface area contributed by atoms with E-state index in [-0.39, 0.29) is 31.2 Å². The van der Waals surface area contributed by atoms with E-state index in [0.717, 1.165) is 12.5 Å². The Morgan fingerprint density at radius 1 is 1.08 bits per heavy atom. The Morgan fingerprint density at radius 2 is 1.84 bits per heavy atom. The smallest absolute Gasteiger partial charge is 0.348 e. The molecule has 2 aliphatic heterocycles. The van der Waals surface area contributed by atoms with E-state index in [9.17, 15) is 29.1 Å². The predicted octanol–water partition coefficient (Wildman–Crippen LogP) is 1.78. The topological polar surface area (TPSA) is 140 Å². The number of hydrogen-bond acceptors (Lipinski definition) is 8. The lowest BCUT2D eigenvalue weighted by Gasteiger charge is -2.34. The fourth-order valence-corrected chi connectivity index (χ4v) is 4.55. The zero-order valence-corrected chi connectivity index (χ0v) is 20.8. The Kier molecular flexibility index (Phi) is 8.37. The number of ether oxygens (including phenoxy) is 3. The predicted molar refractivity (Wildman–Crippen MR) is 132 cm³/mol. The Bertz CT molecular complexity index is 1220. The van der Waals surface area contributed by atoms with Crippen molar-refractivity contribution in [3.05, 3.63) is 65.7 Å². The third-order valence-corrected chi connectivity index (χ3v) is 6.35. The summed E-state index contributed by atoms with van der Waals surface area (Å²) in [6.45, 7) is 1.64. The molecular weight excluding hydrogens is 496 g/mol. The minimum Gasteiger partial charge on any atom is -0.478 e. The van der Waals surface area contributed by atoms with E-state index in [1.807, 2.05) is 30.3 Å². The Balaban J connectivity index is 1.47. The monoisotopic (exact) mass is 524 g/mol. The number of likely N-dealkylation sites (tertiary alicyclic amines) is 1. The minimum absolute atomic E-state index is 0.00107. The number of anilines is 1.